The summed E-state index contributed by atoms with van der Waals surface area (Å²) in [5, 5.41) is 3.85. The Hall–Kier alpha value is -3.60. The molecule has 5 nitrogen and oxygen atoms in total. The van der Waals surface area contributed by atoms with Crippen LogP contribution in [0.3, 0.4) is 0 Å². The fourth-order valence-electron chi connectivity index (χ4n) is 3.45. The monoisotopic (exact) mass is 401 g/mol. The van der Waals surface area contributed by atoms with E-state index >= 15 is 0 Å². The molecule has 0 aliphatic heterocycles. The third kappa shape index (κ3) is 3.54. The van der Waals surface area contributed by atoms with Gasteiger partial charge < -0.3 is 14.5 Å². The highest BCUT2D eigenvalue weighted by atomic mass is 16.5. The van der Waals surface area contributed by atoms with E-state index in [2.05, 4.69) is 5.32 Å². The number of carbonyl (C=O) groups is 1. The van der Waals surface area contributed by atoms with Crippen LogP contribution < -0.4 is 15.5 Å². The van der Waals surface area contributed by atoms with Crippen LogP contribution in [0.1, 0.15) is 22.3 Å². The maximum atomic E-state index is 12.8. The van der Waals surface area contributed by atoms with Gasteiger partial charge in [0.2, 0.25) is 5.43 Å². The second kappa shape index (κ2) is 7.67. The highest BCUT2D eigenvalue weighted by molar-refractivity contribution is 5.96. The van der Waals surface area contributed by atoms with Gasteiger partial charge in [-0.2, -0.15) is 0 Å². The van der Waals surface area contributed by atoms with Crippen molar-refractivity contribution in [3.05, 3.63) is 81.0 Å². The van der Waals surface area contributed by atoms with Crippen LogP contribution in [0.25, 0.3) is 21.9 Å². The van der Waals surface area contributed by atoms with E-state index in [1.54, 1.807) is 24.3 Å². The van der Waals surface area contributed by atoms with Crippen molar-refractivity contribution in [2.75, 3.05) is 11.9 Å². The first-order valence-electron chi connectivity index (χ1n) is 9.81. The second-order valence-corrected chi connectivity index (χ2v) is 7.56. The molecule has 152 valence electrons. The molecule has 0 bridgehead atoms. The number of nitrogens with one attached hydrogen (secondary N) is 1. The molecule has 0 atom stereocenters. The molecule has 3 aromatic carbocycles. The third-order valence-corrected chi connectivity index (χ3v) is 5.56. The van der Waals surface area contributed by atoms with Crippen LogP contribution in [-0.2, 0) is 4.79 Å². The molecule has 1 amide bonds. The van der Waals surface area contributed by atoms with E-state index < -0.39 is 0 Å². The van der Waals surface area contributed by atoms with Crippen LogP contribution >= 0.6 is 0 Å². The molecule has 0 radical (unpaired) electrons. The third-order valence-electron chi connectivity index (χ3n) is 5.56. The quantitative estimate of drug-likeness (QED) is 0.478. The van der Waals surface area contributed by atoms with Gasteiger partial charge in [0, 0.05) is 11.8 Å². The van der Waals surface area contributed by atoms with Gasteiger partial charge in [0.05, 0.1) is 10.8 Å². The topological polar surface area (TPSA) is 68.5 Å². The van der Waals surface area contributed by atoms with E-state index in [9.17, 15) is 9.59 Å². The summed E-state index contributed by atoms with van der Waals surface area (Å²) in [6.07, 6.45) is 0. The first kappa shape index (κ1) is 19.7. The number of fused-ring (bicyclic) bond motifs is 2. The zero-order chi connectivity index (χ0) is 21.4. The Morgan fingerprint density at radius 3 is 2.47 bits per heavy atom. The van der Waals surface area contributed by atoms with Crippen molar-refractivity contribution < 1.29 is 13.9 Å². The molecule has 1 aromatic heterocycles. The first-order valence-corrected chi connectivity index (χ1v) is 9.81. The Labute approximate surface area is 174 Å². The average molecular weight is 401 g/mol. The number of aryl methyl sites for hydroxylation is 3. The SMILES string of the molecule is Cc1cccc(OCC(=O)Nc2ccc3c(=O)c4ccc(C)c(C)c4oc3c2)c1C. The molecule has 0 aliphatic carbocycles. The smallest absolute Gasteiger partial charge is 0.262 e. The molecule has 0 spiro atoms. The molecule has 1 heterocycles. The summed E-state index contributed by atoms with van der Waals surface area (Å²) in [5.74, 6) is 0.400. The van der Waals surface area contributed by atoms with Crippen molar-refractivity contribution in [1.82, 2.24) is 0 Å². The highest BCUT2D eigenvalue weighted by Crippen LogP contribution is 2.25. The highest BCUT2D eigenvalue weighted by Gasteiger charge is 2.12. The molecule has 4 rings (SSSR count). The standard InChI is InChI=1S/C25H23NO4/c1-14-6-5-7-21(16(14)3)29-13-23(27)26-18-9-11-19-22(12-18)30-25-17(4)15(2)8-10-20(25)24(19)28/h5-12H,13H2,1-4H3,(H,26,27). The maximum absolute atomic E-state index is 12.8. The van der Waals surface area contributed by atoms with Crippen molar-refractivity contribution in [2.45, 2.75) is 27.7 Å². The predicted octanol–water partition coefficient (Wildman–Crippen LogP) is 5.20. The van der Waals surface area contributed by atoms with Gasteiger partial charge >= 0.3 is 0 Å². The van der Waals surface area contributed by atoms with Crippen LogP contribution in [-0.4, -0.2) is 12.5 Å². The molecular formula is C25H23NO4. The molecule has 1 N–H and O–H groups in total. The number of rotatable bonds is 4. The molecule has 0 aliphatic rings. The van der Waals surface area contributed by atoms with Gasteiger partial charge in [0.25, 0.3) is 5.91 Å². The number of benzene rings is 3. The molecular weight excluding hydrogens is 378 g/mol. The largest absolute Gasteiger partial charge is 0.483 e. The summed E-state index contributed by atoms with van der Waals surface area (Å²) in [4.78, 5) is 25.2. The van der Waals surface area contributed by atoms with E-state index in [-0.39, 0.29) is 17.9 Å². The number of amides is 1. The van der Waals surface area contributed by atoms with Crippen LogP contribution in [0.15, 0.2) is 57.7 Å². The Balaban J connectivity index is 1.59. The van der Waals surface area contributed by atoms with Gasteiger partial charge in [0.1, 0.15) is 16.9 Å². The average Bonchev–Trinajstić information content (AvgIpc) is 2.72. The number of hydrogen-bond acceptors (Lipinski definition) is 4. The minimum atomic E-state index is -0.287. The maximum Gasteiger partial charge on any atom is 0.262 e. The van der Waals surface area contributed by atoms with E-state index in [1.807, 2.05) is 52.0 Å². The Morgan fingerprint density at radius 2 is 1.67 bits per heavy atom. The summed E-state index contributed by atoms with van der Waals surface area (Å²) in [5.41, 5.74) is 5.59. The van der Waals surface area contributed by atoms with Gasteiger partial charge in [0.15, 0.2) is 6.61 Å². The van der Waals surface area contributed by atoms with E-state index in [4.69, 9.17) is 9.15 Å². The number of anilines is 1. The number of ether oxygens (including phenoxy) is 1. The molecule has 5 heteroatoms. The normalized spacial score (nSPS) is 11.1. The summed E-state index contributed by atoms with van der Waals surface area (Å²) in [7, 11) is 0. The zero-order valence-electron chi connectivity index (χ0n) is 17.5. The van der Waals surface area contributed by atoms with Crippen LogP contribution in [0, 0.1) is 27.7 Å². The second-order valence-electron chi connectivity index (χ2n) is 7.56. The fourth-order valence-corrected chi connectivity index (χ4v) is 3.45. The first-order chi connectivity index (χ1) is 14.3. The van der Waals surface area contributed by atoms with Gasteiger partial charge in [-0.25, -0.2) is 0 Å². The van der Waals surface area contributed by atoms with Crippen molar-refractivity contribution >= 4 is 33.5 Å². The lowest BCUT2D eigenvalue weighted by Crippen LogP contribution is -2.20. The lowest BCUT2D eigenvalue weighted by molar-refractivity contribution is -0.118. The van der Waals surface area contributed by atoms with Gasteiger partial charge in [-0.1, -0.05) is 18.2 Å². The zero-order valence-corrected chi connectivity index (χ0v) is 17.5. The Morgan fingerprint density at radius 1 is 0.933 bits per heavy atom. The predicted molar refractivity (Wildman–Crippen MR) is 120 cm³/mol. The summed E-state index contributed by atoms with van der Waals surface area (Å²) >= 11 is 0. The Bertz CT molecular complexity index is 1350. The summed E-state index contributed by atoms with van der Waals surface area (Å²) in [6, 6.07) is 14.5. The Kier molecular flexibility index (Phi) is 5.04. The van der Waals surface area contributed by atoms with Crippen LogP contribution in [0.5, 0.6) is 5.75 Å². The van der Waals surface area contributed by atoms with Gasteiger partial charge in [-0.15, -0.1) is 0 Å². The van der Waals surface area contributed by atoms with E-state index in [0.29, 0.717) is 33.4 Å². The minimum absolute atomic E-state index is 0.0783. The number of carbonyl (C=O) groups excluding carboxylic acids is 1. The number of hydrogen-bond donors (Lipinski definition) is 1. The van der Waals surface area contributed by atoms with Crippen molar-refractivity contribution in [1.29, 1.82) is 0 Å². The lowest BCUT2D eigenvalue weighted by Gasteiger charge is -2.11. The van der Waals surface area contributed by atoms with Crippen molar-refractivity contribution in [3.8, 4) is 5.75 Å². The molecule has 0 saturated carbocycles. The van der Waals surface area contributed by atoms with Gasteiger partial charge in [-0.3, -0.25) is 9.59 Å². The van der Waals surface area contributed by atoms with Gasteiger partial charge in [-0.05, 0) is 74.2 Å². The molecule has 4 aromatic rings. The summed E-state index contributed by atoms with van der Waals surface area (Å²) < 4.78 is 11.7. The summed E-state index contributed by atoms with van der Waals surface area (Å²) in [6.45, 7) is 7.76. The van der Waals surface area contributed by atoms with Crippen molar-refractivity contribution in [2.24, 2.45) is 0 Å². The van der Waals surface area contributed by atoms with E-state index in [1.165, 1.54) is 0 Å². The molecule has 30 heavy (non-hydrogen) atoms. The van der Waals surface area contributed by atoms with Crippen LogP contribution in [0.2, 0.25) is 0 Å². The lowest BCUT2D eigenvalue weighted by atomic mass is 10.0. The van der Waals surface area contributed by atoms with Crippen LogP contribution in [0.4, 0.5) is 5.69 Å². The minimum Gasteiger partial charge on any atom is -0.483 e. The van der Waals surface area contributed by atoms with Crippen molar-refractivity contribution in [3.63, 3.8) is 0 Å². The fraction of sp³-hybridized carbons (Fsp3) is 0.200. The molecule has 0 saturated heterocycles. The molecule has 0 fully saturated rings. The molecule has 0 unspecified atom stereocenters. The van der Waals surface area contributed by atoms with E-state index in [0.717, 1.165) is 22.3 Å².